The van der Waals surface area contributed by atoms with Crippen molar-refractivity contribution in [2.24, 2.45) is 23.7 Å². The monoisotopic (exact) mass is 371 g/mol. The molecule has 6 aliphatic rings. The first-order valence-electron chi connectivity index (χ1n) is 11.1. The van der Waals surface area contributed by atoms with E-state index in [-0.39, 0.29) is 23.1 Å². The second-order valence-corrected chi connectivity index (χ2v) is 10.3. The minimum Gasteiger partial charge on any atom is -0.375 e. The Morgan fingerprint density at radius 1 is 1.26 bits per heavy atom. The summed E-state index contributed by atoms with van der Waals surface area (Å²) < 4.78 is 6.49. The number of carbonyl (C=O) groups is 1. The highest BCUT2D eigenvalue weighted by atomic mass is 16.5. The van der Waals surface area contributed by atoms with Gasteiger partial charge in [0.2, 0.25) is 5.91 Å². The minimum atomic E-state index is -0.176. The van der Waals surface area contributed by atoms with Crippen LogP contribution in [0.2, 0.25) is 0 Å². The van der Waals surface area contributed by atoms with E-state index in [1.165, 1.54) is 38.5 Å². The molecule has 0 aromatic heterocycles. The average Bonchev–Trinajstić information content (AvgIpc) is 3.29. The van der Waals surface area contributed by atoms with Crippen molar-refractivity contribution in [3.8, 4) is 6.07 Å². The average molecular weight is 372 g/mol. The van der Waals surface area contributed by atoms with Crippen molar-refractivity contribution in [3.05, 3.63) is 0 Å². The van der Waals surface area contributed by atoms with E-state index in [0.717, 1.165) is 44.2 Å². The van der Waals surface area contributed by atoms with Gasteiger partial charge in [0, 0.05) is 18.7 Å². The number of rotatable bonds is 7. The van der Waals surface area contributed by atoms with E-state index in [2.05, 4.69) is 18.3 Å². The number of nitriles is 1. The van der Waals surface area contributed by atoms with Crippen molar-refractivity contribution in [2.75, 3.05) is 19.7 Å². The predicted molar refractivity (Wildman–Crippen MR) is 102 cm³/mol. The third kappa shape index (κ3) is 3.09. The molecule has 6 fully saturated rings. The van der Waals surface area contributed by atoms with E-state index >= 15 is 0 Å². The van der Waals surface area contributed by atoms with Crippen LogP contribution in [0.3, 0.4) is 0 Å². The lowest BCUT2D eigenvalue weighted by Gasteiger charge is -2.62. The summed E-state index contributed by atoms with van der Waals surface area (Å²) in [6.07, 6.45) is 10.7. The smallest absolute Gasteiger partial charge is 0.237 e. The van der Waals surface area contributed by atoms with Gasteiger partial charge in [-0.3, -0.25) is 4.79 Å². The zero-order valence-corrected chi connectivity index (χ0v) is 16.6. The summed E-state index contributed by atoms with van der Waals surface area (Å²) in [5.41, 5.74) is 0.135. The van der Waals surface area contributed by atoms with Crippen LogP contribution < -0.4 is 5.32 Å². The summed E-state index contributed by atoms with van der Waals surface area (Å²) in [5, 5.41) is 13.1. The number of unbranched alkanes of at least 4 members (excludes halogenated alkanes) is 1. The fourth-order valence-corrected chi connectivity index (χ4v) is 7.24. The Bertz CT molecular complexity index is 642. The van der Waals surface area contributed by atoms with Crippen molar-refractivity contribution in [1.82, 2.24) is 10.2 Å². The second-order valence-electron chi connectivity index (χ2n) is 10.3. The molecule has 5 saturated carbocycles. The topological polar surface area (TPSA) is 65.4 Å². The van der Waals surface area contributed by atoms with Crippen LogP contribution in [0.5, 0.6) is 0 Å². The molecule has 4 bridgehead atoms. The van der Waals surface area contributed by atoms with Crippen LogP contribution in [0.4, 0.5) is 0 Å². The number of ether oxygens (including phenoxy) is 1. The first kappa shape index (κ1) is 17.9. The van der Waals surface area contributed by atoms with E-state index in [0.29, 0.717) is 18.4 Å². The second kappa shape index (κ2) is 6.46. The Kier molecular flexibility index (Phi) is 4.29. The van der Waals surface area contributed by atoms with Crippen molar-refractivity contribution in [2.45, 2.75) is 81.9 Å². The third-order valence-corrected chi connectivity index (χ3v) is 8.13. The maximum absolute atomic E-state index is 12.8. The number of amides is 1. The molecule has 0 aromatic carbocycles. The van der Waals surface area contributed by atoms with E-state index in [9.17, 15) is 10.1 Å². The fraction of sp³-hybridized carbons (Fsp3) is 0.909. The van der Waals surface area contributed by atoms with Gasteiger partial charge in [0.15, 0.2) is 0 Å². The number of carbonyl (C=O) groups excluding carboxylic acids is 1. The molecule has 6 rings (SSSR count). The van der Waals surface area contributed by atoms with Crippen LogP contribution in [0.15, 0.2) is 0 Å². The molecule has 0 aromatic rings. The molecule has 1 heterocycles. The van der Waals surface area contributed by atoms with E-state index < -0.39 is 0 Å². The van der Waals surface area contributed by atoms with E-state index in [4.69, 9.17) is 4.74 Å². The SMILES string of the molecule is CCCCOC12CC3CC(CC(NCC(=O)N4C[C@H]5C[C@H]5[C@H]4C#N)(C3)C1)C2. The fourth-order valence-electron chi connectivity index (χ4n) is 7.24. The number of piperidine rings is 1. The van der Waals surface area contributed by atoms with Crippen LogP contribution in [-0.4, -0.2) is 47.7 Å². The Hall–Kier alpha value is -1.12. The van der Waals surface area contributed by atoms with Crippen molar-refractivity contribution >= 4 is 5.91 Å². The Labute approximate surface area is 162 Å². The van der Waals surface area contributed by atoms with Crippen molar-refractivity contribution < 1.29 is 9.53 Å². The van der Waals surface area contributed by atoms with E-state index in [1.54, 1.807) is 0 Å². The van der Waals surface area contributed by atoms with Gasteiger partial charge in [-0.15, -0.1) is 0 Å². The molecule has 1 amide bonds. The third-order valence-electron chi connectivity index (χ3n) is 8.13. The molecule has 5 heteroatoms. The first-order chi connectivity index (χ1) is 13.1. The molecule has 148 valence electrons. The van der Waals surface area contributed by atoms with Gasteiger partial charge in [-0.2, -0.15) is 5.26 Å². The van der Waals surface area contributed by atoms with Crippen molar-refractivity contribution in [3.63, 3.8) is 0 Å². The highest BCUT2D eigenvalue weighted by Gasteiger charge is 2.59. The molecule has 1 N–H and O–H groups in total. The zero-order chi connectivity index (χ0) is 18.6. The summed E-state index contributed by atoms with van der Waals surface area (Å²) in [5.74, 6) is 2.68. The van der Waals surface area contributed by atoms with Gasteiger partial charge in [0.05, 0.1) is 18.2 Å². The van der Waals surface area contributed by atoms with Gasteiger partial charge in [-0.05, 0) is 75.0 Å². The van der Waals surface area contributed by atoms with Gasteiger partial charge in [0.25, 0.3) is 0 Å². The number of hydrogen-bond acceptors (Lipinski definition) is 4. The molecule has 1 saturated heterocycles. The summed E-state index contributed by atoms with van der Waals surface area (Å²) in [6, 6.07) is 2.20. The lowest BCUT2D eigenvalue weighted by atomic mass is 9.51. The lowest BCUT2D eigenvalue weighted by Crippen LogP contribution is -2.66. The minimum absolute atomic E-state index is 0.0553. The van der Waals surface area contributed by atoms with Gasteiger partial charge in [-0.1, -0.05) is 13.3 Å². The number of nitrogens with one attached hydrogen (secondary N) is 1. The molecule has 5 aliphatic carbocycles. The van der Waals surface area contributed by atoms with Gasteiger partial charge in [-0.25, -0.2) is 0 Å². The van der Waals surface area contributed by atoms with Crippen LogP contribution in [0, 0.1) is 35.0 Å². The Balaban J connectivity index is 1.23. The summed E-state index contributed by atoms with van der Waals surface area (Å²) in [7, 11) is 0. The van der Waals surface area contributed by atoms with Crippen LogP contribution in [0.1, 0.15) is 64.7 Å². The van der Waals surface area contributed by atoms with Gasteiger partial charge >= 0.3 is 0 Å². The summed E-state index contributed by atoms with van der Waals surface area (Å²) >= 11 is 0. The molecule has 5 atom stereocenters. The molecule has 0 radical (unpaired) electrons. The molecular weight excluding hydrogens is 338 g/mol. The van der Waals surface area contributed by atoms with Crippen LogP contribution >= 0.6 is 0 Å². The van der Waals surface area contributed by atoms with Crippen molar-refractivity contribution in [1.29, 1.82) is 5.26 Å². The summed E-state index contributed by atoms with van der Waals surface area (Å²) in [6.45, 7) is 4.29. The number of fused-ring (bicyclic) bond motifs is 1. The maximum atomic E-state index is 12.8. The molecule has 27 heavy (non-hydrogen) atoms. The molecular formula is C22H33N3O2. The van der Waals surface area contributed by atoms with Crippen LogP contribution in [-0.2, 0) is 9.53 Å². The van der Waals surface area contributed by atoms with E-state index in [1.807, 2.05) is 4.90 Å². The van der Waals surface area contributed by atoms with Gasteiger partial charge in [0.1, 0.15) is 6.04 Å². The Morgan fingerprint density at radius 3 is 2.74 bits per heavy atom. The number of hydrogen-bond donors (Lipinski definition) is 1. The first-order valence-corrected chi connectivity index (χ1v) is 11.1. The predicted octanol–water partition coefficient (Wildman–Crippen LogP) is 2.85. The molecule has 0 spiro atoms. The van der Waals surface area contributed by atoms with Crippen LogP contribution in [0.25, 0.3) is 0 Å². The highest BCUT2D eigenvalue weighted by molar-refractivity contribution is 5.79. The normalized spacial score (nSPS) is 46.4. The Morgan fingerprint density at radius 2 is 2.04 bits per heavy atom. The highest BCUT2D eigenvalue weighted by Crippen LogP contribution is 2.59. The molecule has 2 unspecified atom stereocenters. The van der Waals surface area contributed by atoms with Gasteiger partial charge < -0.3 is 15.0 Å². The summed E-state index contributed by atoms with van der Waals surface area (Å²) in [4.78, 5) is 14.7. The lowest BCUT2D eigenvalue weighted by molar-refractivity contribution is -0.176. The zero-order valence-electron chi connectivity index (χ0n) is 16.6. The standard InChI is InChI=1S/C22H33N3O2/c1-2-3-4-27-22-9-15-5-16(10-22)8-21(7-15,14-22)24-12-20(26)25-13-17-6-18(17)19(25)11-23/h15-19,24H,2-10,12-14H2,1H3/t15?,16?,17-,18-,19-,21?,22?/m1/s1. The molecule has 5 nitrogen and oxygen atoms in total. The number of likely N-dealkylation sites (tertiary alicyclic amines) is 1. The largest absolute Gasteiger partial charge is 0.375 e. The quantitative estimate of drug-likeness (QED) is 0.699. The molecule has 1 aliphatic heterocycles. The maximum Gasteiger partial charge on any atom is 0.237 e. The number of nitrogens with zero attached hydrogens (tertiary/aromatic N) is 2.